The third kappa shape index (κ3) is 8.08. The first-order valence-corrected chi connectivity index (χ1v) is 17.9. The number of fused-ring (bicyclic) bond motifs is 5. The number of rotatable bonds is 11. The first-order valence-electron chi connectivity index (χ1n) is 17.9. The van der Waals surface area contributed by atoms with Crippen LogP contribution in [0, 0.1) is 46.3 Å². The Morgan fingerprint density at radius 3 is 2.29 bits per heavy atom. The van der Waals surface area contributed by atoms with E-state index in [4.69, 9.17) is 14.2 Å². The van der Waals surface area contributed by atoms with Crippen molar-refractivity contribution in [2.75, 3.05) is 0 Å². The van der Waals surface area contributed by atoms with Crippen molar-refractivity contribution in [3.63, 3.8) is 0 Å². The van der Waals surface area contributed by atoms with Crippen molar-refractivity contribution < 1.29 is 38.8 Å². The summed E-state index contributed by atoms with van der Waals surface area (Å²) in [5, 5.41) is 21.4. The second-order valence-electron chi connectivity index (χ2n) is 16.7. The molecule has 0 spiro atoms. The van der Waals surface area contributed by atoms with Crippen LogP contribution in [-0.4, -0.2) is 58.1 Å². The lowest BCUT2D eigenvalue weighted by atomic mass is 9.44. The number of esters is 3. The molecule has 0 aromatic rings. The van der Waals surface area contributed by atoms with E-state index in [-0.39, 0.29) is 53.7 Å². The lowest BCUT2D eigenvalue weighted by molar-refractivity contribution is -0.199. The van der Waals surface area contributed by atoms with Crippen LogP contribution in [-0.2, 0) is 28.6 Å². The van der Waals surface area contributed by atoms with Crippen LogP contribution in [0.4, 0.5) is 0 Å². The van der Waals surface area contributed by atoms with Crippen LogP contribution in [0.2, 0.25) is 0 Å². The summed E-state index contributed by atoms with van der Waals surface area (Å²) in [5.74, 6) is 1.41. The fourth-order valence-corrected chi connectivity index (χ4v) is 10.2. The Kier molecular flexibility index (Phi) is 11.4. The Bertz CT molecular complexity index is 1050. The number of carbonyl (C=O) groups excluding carboxylic acids is 3. The van der Waals surface area contributed by atoms with Gasteiger partial charge in [0.15, 0.2) is 0 Å². The molecule has 8 heteroatoms. The molecule has 4 saturated carbocycles. The van der Waals surface area contributed by atoms with Crippen LogP contribution < -0.4 is 0 Å². The smallest absolute Gasteiger partial charge is 0.308 e. The quantitative estimate of drug-likeness (QED) is 0.189. The Morgan fingerprint density at radius 1 is 0.933 bits per heavy atom. The van der Waals surface area contributed by atoms with E-state index in [2.05, 4.69) is 13.8 Å². The molecular weight excluding hydrogens is 572 g/mol. The van der Waals surface area contributed by atoms with Crippen LogP contribution in [0.1, 0.15) is 139 Å². The first-order chi connectivity index (χ1) is 21.0. The van der Waals surface area contributed by atoms with Gasteiger partial charge in [-0.25, -0.2) is 0 Å². The number of carbonyl (C=O) groups is 3. The summed E-state index contributed by atoms with van der Waals surface area (Å²) in [5.41, 5.74) is -0.643. The second-order valence-corrected chi connectivity index (χ2v) is 16.7. The molecule has 0 aromatic carbocycles. The molecule has 8 nitrogen and oxygen atoms in total. The summed E-state index contributed by atoms with van der Waals surface area (Å²) in [6, 6.07) is 0. The molecule has 2 N–H and O–H groups in total. The lowest BCUT2D eigenvalue weighted by Crippen LogP contribution is -2.59. The average Bonchev–Trinajstić information content (AvgIpc) is 3.27. The van der Waals surface area contributed by atoms with Gasteiger partial charge in [-0.1, -0.05) is 27.7 Å². The van der Waals surface area contributed by atoms with Crippen molar-refractivity contribution in [1.82, 2.24) is 0 Å². The highest BCUT2D eigenvalue weighted by atomic mass is 16.6. The summed E-state index contributed by atoms with van der Waals surface area (Å²) in [6.07, 6.45) is 8.46. The normalized spacial score (nSPS) is 38.1. The van der Waals surface area contributed by atoms with E-state index in [1.165, 1.54) is 6.92 Å². The van der Waals surface area contributed by atoms with Crippen molar-refractivity contribution in [2.24, 2.45) is 46.3 Å². The highest BCUT2D eigenvalue weighted by Crippen LogP contribution is 2.68. The molecule has 1 unspecified atom stereocenters. The van der Waals surface area contributed by atoms with Gasteiger partial charge in [0.2, 0.25) is 0 Å². The van der Waals surface area contributed by atoms with Crippen molar-refractivity contribution >= 4 is 17.9 Å². The molecule has 0 aliphatic heterocycles. The third-order valence-corrected chi connectivity index (χ3v) is 12.7. The zero-order valence-corrected chi connectivity index (χ0v) is 29.3. The molecule has 0 heterocycles. The van der Waals surface area contributed by atoms with Crippen LogP contribution in [0.5, 0.6) is 0 Å². The van der Waals surface area contributed by atoms with Crippen molar-refractivity contribution in [3.8, 4) is 0 Å². The van der Waals surface area contributed by atoms with E-state index in [1.54, 1.807) is 20.8 Å². The number of aliphatic hydroxyl groups excluding tert-OH is 2. The van der Waals surface area contributed by atoms with Gasteiger partial charge in [0.1, 0.15) is 17.8 Å². The monoisotopic (exact) mass is 634 g/mol. The zero-order valence-electron chi connectivity index (χ0n) is 29.3. The maximum Gasteiger partial charge on any atom is 0.308 e. The lowest BCUT2D eigenvalue weighted by Gasteiger charge is -2.62. The van der Waals surface area contributed by atoms with E-state index in [1.807, 2.05) is 13.8 Å². The van der Waals surface area contributed by atoms with Crippen molar-refractivity contribution in [1.29, 1.82) is 0 Å². The van der Waals surface area contributed by atoms with Crippen LogP contribution in [0.25, 0.3) is 0 Å². The predicted octanol–water partition coefficient (Wildman–Crippen LogP) is 6.77. The molecule has 4 aliphatic carbocycles. The SMILES string of the molecule is CC[C@H](C)C(=O)O[C@H]1C[C@H]2[C@@H](CC[C@@H]3C[C@H](OC(C)=O)CC[C@@]32C)[C@@H]2CCC(CC[C@H](O)C[C@H](O)CC(=O)OC(C)(C)C)[C@@]12C. The molecule has 0 radical (unpaired) electrons. The molecule has 45 heavy (non-hydrogen) atoms. The van der Waals surface area contributed by atoms with Gasteiger partial charge >= 0.3 is 17.9 Å². The van der Waals surface area contributed by atoms with Gasteiger partial charge in [-0.3, -0.25) is 14.4 Å². The molecule has 0 amide bonds. The summed E-state index contributed by atoms with van der Waals surface area (Å²) >= 11 is 0. The standard InChI is InChI=1S/C37H62O8/c1-9-22(2)34(42)44-32-21-31-29(14-11-25-18-28(43-23(3)38)16-17-36(25,31)7)30-15-12-24(37(30,32)8)10-13-26(39)19-27(40)20-33(41)45-35(4,5)6/h22,24-32,39-40H,9-21H2,1-8H3/t22-,24?,25+,26-,27-,28+,29-,30-,31-,32-,36-,37+/m0/s1. The van der Waals surface area contributed by atoms with E-state index < -0.39 is 23.8 Å². The van der Waals surface area contributed by atoms with Gasteiger partial charge in [-0.2, -0.15) is 0 Å². The molecule has 12 atom stereocenters. The Hall–Kier alpha value is -1.67. The van der Waals surface area contributed by atoms with Gasteiger partial charge in [0.25, 0.3) is 0 Å². The molecular formula is C37H62O8. The Balaban J connectivity index is 1.48. The number of hydrogen-bond donors (Lipinski definition) is 2. The van der Waals surface area contributed by atoms with Gasteiger partial charge in [-0.05, 0) is 133 Å². The fourth-order valence-electron chi connectivity index (χ4n) is 10.2. The summed E-state index contributed by atoms with van der Waals surface area (Å²) in [7, 11) is 0. The second kappa shape index (κ2) is 14.2. The molecule has 4 fully saturated rings. The largest absolute Gasteiger partial charge is 0.463 e. The van der Waals surface area contributed by atoms with Crippen molar-refractivity contribution in [2.45, 2.75) is 169 Å². The summed E-state index contributed by atoms with van der Waals surface area (Å²) < 4.78 is 17.5. The minimum atomic E-state index is -0.951. The Morgan fingerprint density at radius 2 is 1.64 bits per heavy atom. The van der Waals surface area contributed by atoms with E-state index in [0.29, 0.717) is 36.0 Å². The van der Waals surface area contributed by atoms with Gasteiger partial charge in [0, 0.05) is 12.3 Å². The fraction of sp³-hybridized carbons (Fsp3) is 0.919. The minimum Gasteiger partial charge on any atom is -0.463 e. The first kappa shape index (κ1) is 36.2. The zero-order chi connectivity index (χ0) is 33.3. The van der Waals surface area contributed by atoms with E-state index in [9.17, 15) is 24.6 Å². The molecule has 4 rings (SSSR count). The minimum absolute atomic E-state index is 0.00922. The highest BCUT2D eigenvalue weighted by molar-refractivity contribution is 5.72. The molecule has 4 aliphatic rings. The Labute approximate surface area is 271 Å². The third-order valence-electron chi connectivity index (χ3n) is 12.7. The predicted molar refractivity (Wildman–Crippen MR) is 172 cm³/mol. The molecule has 0 bridgehead atoms. The summed E-state index contributed by atoms with van der Waals surface area (Å²) in [6.45, 7) is 15.7. The molecule has 0 aromatic heterocycles. The average molecular weight is 635 g/mol. The van der Waals surface area contributed by atoms with Crippen LogP contribution >= 0.6 is 0 Å². The van der Waals surface area contributed by atoms with E-state index in [0.717, 1.165) is 64.2 Å². The highest BCUT2D eigenvalue weighted by Gasteiger charge is 2.64. The van der Waals surface area contributed by atoms with Gasteiger partial charge in [-0.15, -0.1) is 0 Å². The number of aliphatic hydroxyl groups is 2. The summed E-state index contributed by atoms with van der Waals surface area (Å²) in [4.78, 5) is 37.2. The van der Waals surface area contributed by atoms with Gasteiger partial charge < -0.3 is 24.4 Å². The van der Waals surface area contributed by atoms with Crippen LogP contribution in [0.15, 0.2) is 0 Å². The van der Waals surface area contributed by atoms with Crippen molar-refractivity contribution in [3.05, 3.63) is 0 Å². The van der Waals surface area contributed by atoms with Crippen LogP contribution in [0.3, 0.4) is 0 Å². The maximum atomic E-state index is 13.3. The maximum absolute atomic E-state index is 13.3. The van der Waals surface area contributed by atoms with Gasteiger partial charge in [0.05, 0.1) is 24.5 Å². The topological polar surface area (TPSA) is 119 Å². The number of hydrogen-bond acceptors (Lipinski definition) is 8. The van der Waals surface area contributed by atoms with E-state index >= 15 is 0 Å². The molecule has 258 valence electrons. The molecule has 0 saturated heterocycles. The number of ether oxygens (including phenoxy) is 3.